The SMILES string of the molecule is CC(C)C[C@H](NC(=O)[C@H](Cc1ccccc1)NC(=O)Cc1ccc(F)cc1)B(O)O. The smallest absolute Gasteiger partial charge is 0.426 e. The van der Waals surface area contributed by atoms with Gasteiger partial charge in [-0.05, 0) is 35.6 Å². The van der Waals surface area contributed by atoms with Crippen LogP contribution in [0.15, 0.2) is 54.6 Å². The molecule has 0 aliphatic rings. The molecular weight excluding hydrogens is 386 g/mol. The van der Waals surface area contributed by atoms with Crippen molar-refractivity contribution in [2.75, 3.05) is 0 Å². The first kappa shape index (κ1) is 23.6. The Morgan fingerprint density at radius 3 is 2.17 bits per heavy atom. The molecule has 0 saturated carbocycles. The Labute approximate surface area is 176 Å². The maximum atomic E-state index is 13.1. The summed E-state index contributed by atoms with van der Waals surface area (Å²) in [6.45, 7) is 3.82. The largest absolute Gasteiger partial charge is 0.475 e. The highest BCUT2D eigenvalue weighted by atomic mass is 19.1. The third-order valence-corrected chi connectivity index (χ3v) is 4.63. The van der Waals surface area contributed by atoms with Crippen molar-refractivity contribution in [2.24, 2.45) is 5.92 Å². The van der Waals surface area contributed by atoms with Crippen molar-refractivity contribution in [1.29, 1.82) is 0 Å². The summed E-state index contributed by atoms with van der Waals surface area (Å²) in [6.07, 6.45) is 0.625. The molecule has 2 rings (SSSR count). The zero-order valence-corrected chi connectivity index (χ0v) is 17.2. The number of halogens is 1. The van der Waals surface area contributed by atoms with Gasteiger partial charge in [-0.2, -0.15) is 0 Å². The highest BCUT2D eigenvalue weighted by molar-refractivity contribution is 6.43. The number of nitrogens with one attached hydrogen (secondary N) is 2. The summed E-state index contributed by atoms with van der Waals surface area (Å²) >= 11 is 0. The Hall–Kier alpha value is -2.71. The summed E-state index contributed by atoms with van der Waals surface area (Å²) in [6, 6.07) is 13.9. The fourth-order valence-electron chi connectivity index (χ4n) is 3.14. The van der Waals surface area contributed by atoms with E-state index in [1.807, 2.05) is 44.2 Å². The van der Waals surface area contributed by atoms with Crippen molar-refractivity contribution in [3.05, 3.63) is 71.5 Å². The maximum Gasteiger partial charge on any atom is 0.475 e. The second kappa shape index (κ2) is 11.5. The van der Waals surface area contributed by atoms with E-state index in [1.165, 1.54) is 24.3 Å². The van der Waals surface area contributed by atoms with Gasteiger partial charge in [-0.3, -0.25) is 9.59 Å². The lowest BCUT2D eigenvalue weighted by atomic mass is 9.75. The molecule has 8 heteroatoms. The van der Waals surface area contributed by atoms with Crippen molar-refractivity contribution in [3.8, 4) is 0 Å². The number of carbonyl (C=O) groups is 2. The standard InChI is InChI=1S/C22H28BFN2O4/c1-15(2)12-20(23(29)30)26-22(28)19(13-16-6-4-3-5-7-16)25-21(27)14-17-8-10-18(24)11-9-17/h3-11,15,19-20,29-30H,12-14H2,1-2H3,(H,25,27)(H,26,28)/t19-,20-/m0/s1. The lowest BCUT2D eigenvalue weighted by Crippen LogP contribution is -2.55. The Morgan fingerprint density at radius 2 is 1.60 bits per heavy atom. The van der Waals surface area contributed by atoms with Crippen molar-refractivity contribution < 1.29 is 24.0 Å². The van der Waals surface area contributed by atoms with Gasteiger partial charge in [0.25, 0.3) is 0 Å². The van der Waals surface area contributed by atoms with Crippen LogP contribution in [-0.4, -0.2) is 41.0 Å². The highest BCUT2D eigenvalue weighted by Gasteiger charge is 2.30. The zero-order valence-electron chi connectivity index (χ0n) is 17.2. The molecule has 0 aromatic heterocycles. The molecule has 2 amide bonds. The molecular formula is C22H28BFN2O4. The van der Waals surface area contributed by atoms with Crippen molar-refractivity contribution in [2.45, 2.75) is 45.1 Å². The third kappa shape index (κ3) is 7.97. The van der Waals surface area contributed by atoms with E-state index in [2.05, 4.69) is 10.6 Å². The molecule has 2 aromatic carbocycles. The van der Waals surface area contributed by atoms with E-state index in [-0.39, 0.29) is 30.5 Å². The molecule has 6 nitrogen and oxygen atoms in total. The lowest BCUT2D eigenvalue weighted by molar-refractivity contribution is -0.129. The highest BCUT2D eigenvalue weighted by Crippen LogP contribution is 2.09. The molecule has 0 spiro atoms. The normalized spacial score (nSPS) is 12.9. The molecule has 30 heavy (non-hydrogen) atoms. The van der Waals surface area contributed by atoms with Gasteiger partial charge in [-0.1, -0.05) is 56.3 Å². The molecule has 0 fully saturated rings. The second-order valence-corrected chi connectivity index (χ2v) is 7.77. The number of benzene rings is 2. The first-order chi connectivity index (χ1) is 14.2. The van der Waals surface area contributed by atoms with Gasteiger partial charge in [-0.15, -0.1) is 0 Å². The molecule has 4 N–H and O–H groups in total. The Kier molecular flexibility index (Phi) is 9.01. The van der Waals surface area contributed by atoms with Crippen LogP contribution in [0, 0.1) is 11.7 Å². The molecule has 0 aliphatic heterocycles. The van der Waals surface area contributed by atoms with Crippen LogP contribution in [0.3, 0.4) is 0 Å². The molecule has 0 aliphatic carbocycles. The molecule has 0 saturated heterocycles. The van der Waals surface area contributed by atoms with Crippen LogP contribution in [0.1, 0.15) is 31.4 Å². The Bertz CT molecular complexity index is 816. The second-order valence-electron chi connectivity index (χ2n) is 7.77. The van der Waals surface area contributed by atoms with E-state index < -0.39 is 25.0 Å². The fourth-order valence-corrected chi connectivity index (χ4v) is 3.14. The third-order valence-electron chi connectivity index (χ3n) is 4.63. The van der Waals surface area contributed by atoms with Crippen LogP contribution in [0.25, 0.3) is 0 Å². The van der Waals surface area contributed by atoms with E-state index in [1.54, 1.807) is 0 Å². The maximum absolute atomic E-state index is 13.1. The van der Waals surface area contributed by atoms with Crippen LogP contribution in [-0.2, 0) is 22.4 Å². The quantitative estimate of drug-likeness (QED) is 0.445. The molecule has 0 unspecified atom stereocenters. The van der Waals surface area contributed by atoms with Gasteiger partial charge in [0.1, 0.15) is 11.9 Å². The Balaban J connectivity index is 2.11. The van der Waals surface area contributed by atoms with Gasteiger partial charge >= 0.3 is 7.12 Å². The first-order valence-corrected chi connectivity index (χ1v) is 9.99. The summed E-state index contributed by atoms with van der Waals surface area (Å²) in [7, 11) is -1.70. The molecule has 2 aromatic rings. The van der Waals surface area contributed by atoms with Crippen molar-refractivity contribution in [1.82, 2.24) is 10.6 Å². The number of rotatable bonds is 10. The number of carbonyl (C=O) groups excluding carboxylic acids is 2. The van der Waals surface area contributed by atoms with Crippen LogP contribution < -0.4 is 10.6 Å². The average molecular weight is 414 g/mol. The van der Waals surface area contributed by atoms with Gasteiger partial charge in [0.2, 0.25) is 11.8 Å². The number of hydrogen-bond donors (Lipinski definition) is 4. The van der Waals surface area contributed by atoms with E-state index in [0.717, 1.165) is 5.56 Å². The van der Waals surface area contributed by atoms with Gasteiger partial charge < -0.3 is 20.7 Å². The molecule has 0 heterocycles. The molecule has 0 radical (unpaired) electrons. The van der Waals surface area contributed by atoms with Gasteiger partial charge in [0.05, 0.1) is 12.4 Å². The topological polar surface area (TPSA) is 98.7 Å². The first-order valence-electron chi connectivity index (χ1n) is 9.99. The summed E-state index contributed by atoms with van der Waals surface area (Å²) in [4.78, 5) is 25.4. The Morgan fingerprint density at radius 1 is 0.967 bits per heavy atom. The van der Waals surface area contributed by atoms with E-state index in [4.69, 9.17) is 0 Å². The summed E-state index contributed by atoms with van der Waals surface area (Å²) in [5.74, 6) is -1.98. The average Bonchev–Trinajstić information content (AvgIpc) is 2.69. The van der Waals surface area contributed by atoms with Crippen LogP contribution in [0.5, 0.6) is 0 Å². The van der Waals surface area contributed by atoms with E-state index in [9.17, 15) is 24.0 Å². The molecule has 160 valence electrons. The van der Waals surface area contributed by atoms with Gasteiger partial charge in [0, 0.05) is 6.42 Å². The van der Waals surface area contributed by atoms with Gasteiger partial charge in [0.15, 0.2) is 0 Å². The van der Waals surface area contributed by atoms with Crippen LogP contribution in [0.4, 0.5) is 4.39 Å². The minimum absolute atomic E-state index is 0.00308. The summed E-state index contributed by atoms with van der Waals surface area (Å²) in [5, 5.41) is 24.6. The number of amides is 2. The van der Waals surface area contributed by atoms with Crippen molar-refractivity contribution >= 4 is 18.9 Å². The predicted octanol–water partition coefficient (Wildman–Crippen LogP) is 1.64. The molecule has 0 bridgehead atoms. The van der Waals surface area contributed by atoms with E-state index in [0.29, 0.717) is 12.0 Å². The van der Waals surface area contributed by atoms with E-state index >= 15 is 0 Å². The monoisotopic (exact) mass is 414 g/mol. The predicted molar refractivity (Wildman–Crippen MR) is 114 cm³/mol. The minimum atomic E-state index is -1.70. The molecule has 2 atom stereocenters. The summed E-state index contributed by atoms with van der Waals surface area (Å²) in [5.41, 5.74) is 1.47. The lowest BCUT2D eigenvalue weighted by Gasteiger charge is -2.24. The number of hydrogen-bond acceptors (Lipinski definition) is 4. The summed E-state index contributed by atoms with van der Waals surface area (Å²) < 4.78 is 13.1. The van der Waals surface area contributed by atoms with Crippen LogP contribution >= 0.6 is 0 Å². The van der Waals surface area contributed by atoms with Crippen LogP contribution in [0.2, 0.25) is 0 Å². The minimum Gasteiger partial charge on any atom is -0.426 e. The fraction of sp³-hybridized carbons (Fsp3) is 0.364. The van der Waals surface area contributed by atoms with Crippen molar-refractivity contribution in [3.63, 3.8) is 0 Å². The zero-order chi connectivity index (χ0) is 22.1. The van der Waals surface area contributed by atoms with Gasteiger partial charge in [-0.25, -0.2) is 4.39 Å².